The van der Waals surface area contributed by atoms with E-state index in [-0.39, 0.29) is 22.8 Å². The highest BCUT2D eigenvalue weighted by Crippen LogP contribution is 2.18. The van der Waals surface area contributed by atoms with Crippen molar-refractivity contribution in [3.63, 3.8) is 0 Å². The van der Waals surface area contributed by atoms with Gasteiger partial charge in [-0.2, -0.15) is 0 Å². The minimum absolute atomic E-state index is 0.0539. The molecule has 0 fully saturated rings. The summed E-state index contributed by atoms with van der Waals surface area (Å²) < 4.78 is 1.72. The highest BCUT2D eigenvalue weighted by molar-refractivity contribution is 7.99. The van der Waals surface area contributed by atoms with Gasteiger partial charge < -0.3 is 5.32 Å². The number of nitrogens with zero attached hydrogens (tertiary/aromatic N) is 3. The van der Waals surface area contributed by atoms with E-state index in [1.807, 2.05) is 45.0 Å². The van der Waals surface area contributed by atoms with Crippen LogP contribution >= 0.6 is 11.8 Å². The van der Waals surface area contributed by atoms with Crippen LogP contribution in [0.3, 0.4) is 0 Å². The van der Waals surface area contributed by atoms with Gasteiger partial charge in [-0.15, -0.1) is 0 Å². The summed E-state index contributed by atoms with van der Waals surface area (Å²) in [6.45, 7) is 15.8. The summed E-state index contributed by atoms with van der Waals surface area (Å²) >= 11 is 1.31. The second kappa shape index (κ2) is 9.76. The van der Waals surface area contributed by atoms with Crippen molar-refractivity contribution in [3.05, 3.63) is 34.6 Å². The highest BCUT2D eigenvalue weighted by atomic mass is 32.2. The van der Waals surface area contributed by atoms with E-state index in [2.05, 4.69) is 37.9 Å². The van der Waals surface area contributed by atoms with Crippen LogP contribution in [0.4, 0.5) is 0 Å². The second-order valence-electron chi connectivity index (χ2n) is 8.88. The van der Waals surface area contributed by atoms with Crippen LogP contribution in [-0.4, -0.2) is 50.3 Å². The molecule has 1 amide bonds. The Balaban J connectivity index is 2.33. The van der Waals surface area contributed by atoms with Crippen molar-refractivity contribution in [2.24, 2.45) is 0 Å². The van der Waals surface area contributed by atoms with Crippen LogP contribution in [0, 0.1) is 0 Å². The molecule has 2 rings (SSSR count). The van der Waals surface area contributed by atoms with Crippen LogP contribution in [0.2, 0.25) is 0 Å². The lowest BCUT2D eigenvalue weighted by atomic mass is 10.1. The molecule has 1 N–H and O–H groups in total. The van der Waals surface area contributed by atoms with Gasteiger partial charge in [-0.3, -0.25) is 19.1 Å². The smallest absolute Gasteiger partial charge is 0.262 e. The number of carbonyl (C=O) groups excluding carboxylic acids is 1. The summed E-state index contributed by atoms with van der Waals surface area (Å²) in [7, 11) is 0. The maximum absolute atomic E-state index is 13.2. The molecule has 1 heterocycles. The Bertz CT molecular complexity index is 892. The molecule has 29 heavy (non-hydrogen) atoms. The first kappa shape index (κ1) is 23.4. The molecule has 7 heteroatoms. The Morgan fingerprint density at radius 2 is 1.79 bits per heavy atom. The summed E-state index contributed by atoms with van der Waals surface area (Å²) in [5.41, 5.74) is 0.322. The molecular formula is C22H34N4O2S. The van der Waals surface area contributed by atoms with Crippen molar-refractivity contribution in [2.45, 2.75) is 77.8 Å². The van der Waals surface area contributed by atoms with Gasteiger partial charge in [0.1, 0.15) is 0 Å². The summed E-state index contributed by atoms with van der Waals surface area (Å²) in [6, 6.07) is 8.15. The molecular weight excluding hydrogens is 384 g/mol. The van der Waals surface area contributed by atoms with Gasteiger partial charge >= 0.3 is 0 Å². The first-order valence-corrected chi connectivity index (χ1v) is 11.2. The Labute approximate surface area is 178 Å². The lowest BCUT2D eigenvalue weighted by molar-refractivity contribution is -0.119. The molecule has 160 valence electrons. The van der Waals surface area contributed by atoms with Gasteiger partial charge in [-0.1, -0.05) is 23.9 Å². The van der Waals surface area contributed by atoms with E-state index < -0.39 is 0 Å². The van der Waals surface area contributed by atoms with Crippen molar-refractivity contribution in [2.75, 3.05) is 12.3 Å². The molecule has 1 aromatic heterocycles. The van der Waals surface area contributed by atoms with E-state index in [1.165, 1.54) is 11.8 Å². The van der Waals surface area contributed by atoms with Gasteiger partial charge in [-0.05, 0) is 60.6 Å². The molecule has 0 aliphatic heterocycles. The van der Waals surface area contributed by atoms with Crippen molar-refractivity contribution in [3.8, 4) is 0 Å². The molecule has 0 spiro atoms. The molecule has 0 atom stereocenters. The summed E-state index contributed by atoms with van der Waals surface area (Å²) in [5, 5.41) is 4.15. The fraction of sp³-hybridized carbons (Fsp3) is 0.591. The van der Waals surface area contributed by atoms with Gasteiger partial charge in [0.2, 0.25) is 5.91 Å². The van der Waals surface area contributed by atoms with Gasteiger partial charge in [0.05, 0.1) is 16.7 Å². The van der Waals surface area contributed by atoms with E-state index in [0.717, 1.165) is 6.54 Å². The first-order valence-electron chi connectivity index (χ1n) is 10.2. The van der Waals surface area contributed by atoms with E-state index in [4.69, 9.17) is 4.98 Å². The van der Waals surface area contributed by atoms with Crippen LogP contribution in [-0.2, 0) is 11.3 Å². The normalized spacial score (nSPS) is 12.3. The van der Waals surface area contributed by atoms with Crippen LogP contribution in [0.15, 0.2) is 34.2 Å². The Hall–Kier alpha value is -1.86. The Morgan fingerprint density at radius 1 is 1.17 bits per heavy atom. The number of aromatic nitrogens is 2. The number of hydrogen-bond acceptors (Lipinski definition) is 5. The average molecular weight is 419 g/mol. The lowest BCUT2D eigenvalue weighted by Gasteiger charge is -2.30. The number of thioether (sulfide) groups is 1. The highest BCUT2D eigenvalue weighted by Gasteiger charge is 2.18. The Morgan fingerprint density at radius 3 is 2.38 bits per heavy atom. The van der Waals surface area contributed by atoms with E-state index >= 15 is 0 Å². The predicted octanol–water partition coefficient (Wildman–Crippen LogP) is 3.52. The summed E-state index contributed by atoms with van der Waals surface area (Å²) in [6.07, 6.45) is 0. The quantitative estimate of drug-likeness (QED) is 0.525. The van der Waals surface area contributed by atoms with Gasteiger partial charge in [0.25, 0.3) is 5.56 Å². The molecule has 0 aliphatic rings. The fourth-order valence-electron chi connectivity index (χ4n) is 3.37. The predicted molar refractivity (Wildman–Crippen MR) is 122 cm³/mol. The van der Waals surface area contributed by atoms with Crippen molar-refractivity contribution >= 4 is 28.6 Å². The average Bonchev–Trinajstić information content (AvgIpc) is 2.60. The largest absolute Gasteiger partial charge is 0.351 e. The minimum atomic E-state index is -0.289. The number of hydrogen-bond donors (Lipinski definition) is 1. The Kier molecular flexibility index (Phi) is 7.88. The third kappa shape index (κ3) is 6.57. The van der Waals surface area contributed by atoms with Crippen molar-refractivity contribution in [1.82, 2.24) is 19.8 Å². The zero-order valence-electron chi connectivity index (χ0n) is 18.7. The number of nitrogens with one attached hydrogen (secondary N) is 1. The summed E-state index contributed by atoms with van der Waals surface area (Å²) in [5.74, 6) is 0.155. The van der Waals surface area contributed by atoms with E-state index in [9.17, 15) is 9.59 Å². The number of carbonyl (C=O) groups is 1. The minimum Gasteiger partial charge on any atom is -0.351 e. The van der Waals surface area contributed by atoms with E-state index in [0.29, 0.717) is 34.7 Å². The topological polar surface area (TPSA) is 67.2 Å². The van der Waals surface area contributed by atoms with Crippen molar-refractivity contribution in [1.29, 1.82) is 0 Å². The van der Waals surface area contributed by atoms with Crippen LogP contribution in [0.5, 0.6) is 0 Å². The lowest BCUT2D eigenvalue weighted by Crippen LogP contribution is -2.42. The molecule has 6 nitrogen and oxygen atoms in total. The monoisotopic (exact) mass is 418 g/mol. The third-order valence-corrected chi connectivity index (χ3v) is 5.56. The standard InChI is InChI=1S/C22H34N4O2S/c1-15(2)25(16(3)4)12-13-26-20(28)17-10-8-9-11-18(17)23-21(26)29-14-19(27)24-22(5,6)7/h8-11,15-16H,12-14H2,1-7H3,(H,24,27). The van der Waals surface area contributed by atoms with Crippen molar-refractivity contribution < 1.29 is 4.79 Å². The second-order valence-corrected chi connectivity index (χ2v) is 9.82. The number of amides is 1. The number of para-hydroxylation sites is 1. The molecule has 1 aromatic carbocycles. The van der Waals surface area contributed by atoms with Crippen LogP contribution in [0.1, 0.15) is 48.5 Å². The third-order valence-electron chi connectivity index (χ3n) is 4.58. The van der Waals surface area contributed by atoms with Gasteiger partial charge in [0.15, 0.2) is 5.16 Å². The maximum atomic E-state index is 13.2. The van der Waals surface area contributed by atoms with Gasteiger partial charge in [-0.25, -0.2) is 4.98 Å². The number of fused-ring (bicyclic) bond motifs is 1. The number of benzene rings is 1. The zero-order valence-corrected chi connectivity index (χ0v) is 19.5. The molecule has 0 saturated heterocycles. The number of rotatable bonds is 8. The summed E-state index contributed by atoms with van der Waals surface area (Å²) in [4.78, 5) is 32.5. The molecule has 0 bridgehead atoms. The van der Waals surface area contributed by atoms with Crippen LogP contribution < -0.4 is 10.9 Å². The molecule has 0 saturated carbocycles. The maximum Gasteiger partial charge on any atom is 0.262 e. The SMILES string of the molecule is CC(C)N(CCn1c(SCC(=O)NC(C)(C)C)nc2ccccc2c1=O)C(C)C. The first-order chi connectivity index (χ1) is 13.5. The fourth-order valence-corrected chi connectivity index (χ4v) is 4.19. The molecule has 2 aromatic rings. The van der Waals surface area contributed by atoms with E-state index in [1.54, 1.807) is 4.57 Å². The molecule has 0 aliphatic carbocycles. The van der Waals surface area contributed by atoms with Crippen LogP contribution in [0.25, 0.3) is 10.9 Å². The zero-order chi connectivity index (χ0) is 21.8. The van der Waals surface area contributed by atoms with Gasteiger partial charge in [0, 0.05) is 30.7 Å². The molecule has 0 radical (unpaired) electrons. The molecule has 0 unspecified atom stereocenters.